The Morgan fingerprint density at radius 1 is 1.42 bits per heavy atom. The maximum Gasteiger partial charge on any atom is 0.271 e. The van der Waals surface area contributed by atoms with E-state index in [0.717, 1.165) is 5.52 Å². The van der Waals surface area contributed by atoms with Gasteiger partial charge in [0.05, 0.1) is 16.0 Å². The molecule has 1 N–H and O–H groups in total. The van der Waals surface area contributed by atoms with Gasteiger partial charge in [0, 0.05) is 17.7 Å². The number of nitrogens with zero attached hydrogens (tertiary/aromatic N) is 3. The van der Waals surface area contributed by atoms with E-state index in [1.807, 2.05) is 25.3 Å². The van der Waals surface area contributed by atoms with Crippen molar-refractivity contribution < 1.29 is 10.0 Å². The highest BCUT2D eigenvalue weighted by atomic mass is 16.6. The quantitative estimate of drug-likeness (QED) is 0.667. The molecule has 2 rings (SSSR count). The van der Waals surface area contributed by atoms with E-state index >= 15 is 0 Å². The first-order valence-electron chi connectivity index (χ1n) is 6.07. The molecule has 2 aromatic rings. The minimum atomic E-state index is -0.731. The fraction of sp³-hybridized carbons (Fsp3) is 0.462. The van der Waals surface area contributed by atoms with Gasteiger partial charge in [-0.25, -0.2) is 4.98 Å². The second-order valence-electron chi connectivity index (χ2n) is 5.58. The number of fused-ring (bicyclic) bond motifs is 1. The Labute approximate surface area is 110 Å². The summed E-state index contributed by atoms with van der Waals surface area (Å²) in [4.78, 5) is 14.7. The summed E-state index contributed by atoms with van der Waals surface area (Å²) in [6, 6.07) is 4.57. The van der Waals surface area contributed by atoms with E-state index in [1.165, 1.54) is 12.1 Å². The summed E-state index contributed by atoms with van der Waals surface area (Å²) in [7, 11) is 0. The zero-order chi connectivity index (χ0) is 14.4. The Morgan fingerprint density at radius 3 is 2.53 bits per heavy atom. The topological polar surface area (TPSA) is 81.2 Å². The van der Waals surface area contributed by atoms with Crippen molar-refractivity contribution in [2.24, 2.45) is 0 Å². The molecule has 0 spiro atoms. The predicted octanol–water partition coefficient (Wildman–Crippen LogP) is 2.75. The van der Waals surface area contributed by atoms with E-state index < -0.39 is 11.0 Å². The Bertz CT molecular complexity index is 638. The second kappa shape index (κ2) is 4.31. The molecule has 0 fully saturated rings. The van der Waals surface area contributed by atoms with E-state index in [4.69, 9.17) is 0 Å². The van der Waals surface area contributed by atoms with E-state index in [2.05, 4.69) is 4.98 Å². The summed E-state index contributed by atoms with van der Waals surface area (Å²) in [5.74, 6) is 0.517. The van der Waals surface area contributed by atoms with Crippen molar-refractivity contribution in [1.82, 2.24) is 9.55 Å². The number of nitro benzene ring substituents is 1. The second-order valence-corrected chi connectivity index (χ2v) is 5.58. The van der Waals surface area contributed by atoms with Gasteiger partial charge in [-0.2, -0.15) is 0 Å². The zero-order valence-corrected chi connectivity index (χ0v) is 11.4. The molecule has 6 nitrogen and oxygen atoms in total. The summed E-state index contributed by atoms with van der Waals surface area (Å²) in [6.45, 7) is 7.64. The Hall–Kier alpha value is -1.95. The Kier molecular flexibility index (Phi) is 3.06. The smallest absolute Gasteiger partial charge is 0.271 e. The van der Waals surface area contributed by atoms with Crippen LogP contribution in [0.15, 0.2) is 18.2 Å². The molecule has 1 aromatic heterocycles. The standard InChI is InChI=1S/C13H17N3O3/c1-8(17)12-14-10-7-9(16(18)19)5-6-11(10)15(12)13(2,3)4/h5-8,17H,1-4H3/t8-/m0/s1. The van der Waals surface area contributed by atoms with E-state index in [0.29, 0.717) is 11.3 Å². The lowest BCUT2D eigenvalue weighted by Gasteiger charge is -2.25. The van der Waals surface area contributed by atoms with Crippen LogP contribution in [0.2, 0.25) is 0 Å². The molecule has 102 valence electrons. The van der Waals surface area contributed by atoms with E-state index in [-0.39, 0.29) is 11.2 Å². The number of nitro groups is 1. The summed E-state index contributed by atoms with van der Waals surface area (Å²) in [5.41, 5.74) is 1.05. The third kappa shape index (κ3) is 2.31. The lowest BCUT2D eigenvalue weighted by atomic mass is 10.1. The summed E-state index contributed by atoms with van der Waals surface area (Å²) in [6.07, 6.45) is -0.731. The van der Waals surface area contributed by atoms with Gasteiger partial charge >= 0.3 is 0 Å². The van der Waals surface area contributed by atoms with Crippen LogP contribution in [-0.4, -0.2) is 19.6 Å². The molecule has 19 heavy (non-hydrogen) atoms. The molecule has 0 bridgehead atoms. The van der Waals surface area contributed by atoms with Crippen molar-refractivity contribution >= 4 is 16.7 Å². The molecule has 0 radical (unpaired) electrons. The first-order valence-corrected chi connectivity index (χ1v) is 6.07. The minimum absolute atomic E-state index is 0.00296. The van der Waals surface area contributed by atoms with Crippen molar-refractivity contribution in [1.29, 1.82) is 0 Å². The van der Waals surface area contributed by atoms with Crippen LogP contribution in [0.3, 0.4) is 0 Å². The molecule has 1 atom stereocenters. The summed E-state index contributed by atoms with van der Waals surface area (Å²) in [5, 5.41) is 20.6. The molecule has 0 unspecified atom stereocenters. The molecular formula is C13H17N3O3. The van der Waals surface area contributed by atoms with Crippen LogP contribution in [0.25, 0.3) is 11.0 Å². The number of hydrogen-bond acceptors (Lipinski definition) is 4. The number of aliphatic hydroxyl groups is 1. The normalized spacial score (nSPS) is 13.7. The van der Waals surface area contributed by atoms with Crippen molar-refractivity contribution in [2.75, 3.05) is 0 Å². The molecule has 6 heteroatoms. The van der Waals surface area contributed by atoms with Crippen molar-refractivity contribution in [3.05, 3.63) is 34.1 Å². The first kappa shape index (κ1) is 13.5. The summed E-state index contributed by atoms with van der Waals surface area (Å²) < 4.78 is 1.91. The van der Waals surface area contributed by atoms with Gasteiger partial charge in [-0.05, 0) is 33.8 Å². The monoisotopic (exact) mass is 263 g/mol. The highest BCUT2D eigenvalue weighted by molar-refractivity contribution is 5.79. The van der Waals surface area contributed by atoms with Gasteiger partial charge in [0.1, 0.15) is 11.9 Å². The average molecular weight is 263 g/mol. The van der Waals surface area contributed by atoms with Crippen LogP contribution in [-0.2, 0) is 5.54 Å². The van der Waals surface area contributed by atoms with Gasteiger partial charge in [-0.3, -0.25) is 10.1 Å². The average Bonchev–Trinajstić information content (AvgIpc) is 2.66. The number of benzene rings is 1. The molecule has 0 aliphatic rings. The van der Waals surface area contributed by atoms with Gasteiger partial charge in [-0.1, -0.05) is 0 Å². The van der Waals surface area contributed by atoms with Gasteiger partial charge in [0.2, 0.25) is 0 Å². The van der Waals surface area contributed by atoms with E-state index in [9.17, 15) is 15.2 Å². The van der Waals surface area contributed by atoms with E-state index in [1.54, 1.807) is 13.0 Å². The largest absolute Gasteiger partial charge is 0.385 e. The molecule has 0 aliphatic heterocycles. The number of rotatable bonds is 2. The van der Waals surface area contributed by atoms with Crippen LogP contribution < -0.4 is 0 Å². The van der Waals surface area contributed by atoms with Gasteiger partial charge in [0.25, 0.3) is 5.69 Å². The van der Waals surface area contributed by atoms with Crippen LogP contribution in [0, 0.1) is 10.1 Å². The van der Waals surface area contributed by atoms with Gasteiger partial charge in [-0.15, -0.1) is 0 Å². The fourth-order valence-corrected chi connectivity index (χ4v) is 2.19. The number of non-ortho nitro benzene ring substituents is 1. The van der Waals surface area contributed by atoms with Crippen LogP contribution in [0.4, 0.5) is 5.69 Å². The summed E-state index contributed by atoms with van der Waals surface area (Å²) >= 11 is 0. The molecule has 0 saturated heterocycles. The van der Waals surface area contributed by atoms with Crippen molar-refractivity contribution in [3.8, 4) is 0 Å². The van der Waals surface area contributed by atoms with Crippen LogP contribution >= 0.6 is 0 Å². The highest BCUT2D eigenvalue weighted by Gasteiger charge is 2.24. The van der Waals surface area contributed by atoms with Crippen LogP contribution in [0.5, 0.6) is 0 Å². The molecular weight excluding hydrogens is 246 g/mol. The van der Waals surface area contributed by atoms with Crippen molar-refractivity contribution in [3.63, 3.8) is 0 Å². The predicted molar refractivity (Wildman–Crippen MR) is 72.0 cm³/mol. The lowest BCUT2D eigenvalue weighted by Crippen LogP contribution is -2.24. The Balaban J connectivity index is 2.78. The molecule has 1 aromatic carbocycles. The zero-order valence-electron chi connectivity index (χ0n) is 11.4. The third-order valence-corrected chi connectivity index (χ3v) is 2.92. The third-order valence-electron chi connectivity index (χ3n) is 2.92. The molecule has 1 heterocycles. The highest BCUT2D eigenvalue weighted by Crippen LogP contribution is 2.30. The first-order chi connectivity index (χ1) is 8.71. The van der Waals surface area contributed by atoms with Gasteiger partial charge < -0.3 is 9.67 Å². The SMILES string of the molecule is C[C@H](O)c1nc2cc([N+](=O)[O-])ccc2n1C(C)(C)C. The number of aromatic nitrogens is 2. The molecule has 0 amide bonds. The van der Waals surface area contributed by atoms with Gasteiger partial charge in [0.15, 0.2) is 0 Å². The molecule has 0 saturated carbocycles. The maximum absolute atomic E-state index is 10.8. The molecule has 0 aliphatic carbocycles. The number of imidazole rings is 1. The van der Waals surface area contributed by atoms with Crippen LogP contribution in [0.1, 0.15) is 39.6 Å². The fourth-order valence-electron chi connectivity index (χ4n) is 2.19. The Morgan fingerprint density at radius 2 is 2.05 bits per heavy atom. The van der Waals surface area contributed by atoms with Crippen molar-refractivity contribution in [2.45, 2.75) is 39.3 Å². The number of aliphatic hydroxyl groups excluding tert-OH is 1. The minimum Gasteiger partial charge on any atom is -0.385 e. The number of hydrogen-bond donors (Lipinski definition) is 1. The lowest BCUT2D eigenvalue weighted by molar-refractivity contribution is -0.384. The maximum atomic E-state index is 10.8.